The molecule has 0 aliphatic heterocycles. The highest BCUT2D eigenvalue weighted by atomic mass is 131. The van der Waals surface area contributed by atoms with E-state index in [-0.39, 0.29) is 17.3 Å². The lowest BCUT2D eigenvalue weighted by atomic mass is 10.1. The third-order valence-electron chi connectivity index (χ3n) is 3.88. The van der Waals surface area contributed by atoms with Crippen LogP contribution in [0.5, 0.6) is 5.75 Å². The number of unbranched alkanes of at least 4 members (excludes halogenated alkanes) is 8. The van der Waals surface area contributed by atoms with Gasteiger partial charge in [-0.1, -0.05) is 58.3 Å². The fourth-order valence-electron chi connectivity index (χ4n) is 2.51. The van der Waals surface area contributed by atoms with E-state index < -0.39 is 5.97 Å². The van der Waals surface area contributed by atoms with Gasteiger partial charge in [-0.2, -0.15) is 0 Å². The van der Waals surface area contributed by atoms with Crippen LogP contribution in [0, 0.1) is 3.57 Å². The molecule has 0 unspecified atom stereocenters. The Labute approximate surface area is 158 Å². The number of hydrogen-bond acceptors (Lipinski definition) is 3. The molecule has 5 heteroatoms. The van der Waals surface area contributed by atoms with Crippen LogP contribution >= 0.6 is 22.6 Å². The van der Waals surface area contributed by atoms with Crippen LogP contribution in [0.15, 0.2) is 18.2 Å². The summed E-state index contributed by atoms with van der Waals surface area (Å²) in [4.78, 5) is 23.0. The van der Waals surface area contributed by atoms with Crippen molar-refractivity contribution in [3.63, 3.8) is 0 Å². The molecule has 4 nitrogen and oxygen atoms in total. The Kier molecular flexibility index (Phi) is 10.7. The quantitative estimate of drug-likeness (QED) is 0.189. The van der Waals surface area contributed by atoms with Gasteiger partial charge >= 0.3 is 11.9 Å². The number of benzene rings is 1. The van der Waals surface area contributed by atoms with Crippen molar-refractivity contribution in [2.75, 3.05) is 0 Å². The standard InChI is InChI=1S/C19H27IO4/c1-2-3-4-5-6-7-8-9-10-11-18(21)24-17-13-12-15(20)14-16(17)19(22)23/h12-14H,2-11H2,1H3,(H,22,23)/i20+4. The molecule has 0 saturated heterocycles. The van der Waals surface area contributed by atoms with Gasteiger partial charge in [0, 0.05) is 9.99 Å². The smallest absolute Gasteiger partial charge is 0.339 e. The summed E-state index contributed by atoms with van der Waals surface area (Å²) >= 11 is 2.03. The lowest BCUT2D eigenvalue weighted by molar-refractivity contribution is -0.134. The second kappa shape index (κ2) is 12.3. The fourth-order valence-corrected chi connectivity index (χ4v) is 3.00. The molecule has 1 aromatic rings. The molecule has 0 heterocycles. The Morgan fingerprint density at radius 3 is 2.17 bits per heavy atom. The predicted molar refractivity (Wildman–Crippen MR) is 104 cm³/mol. The molecular formula is C19H27IO4. The largest absolute Gasteiger partial charge is 0.478 e. The van der Waals surface area contributed by atoms with Crippen LogP contribution in [0.1, 0.15) is 81.5 Å². The number of hydrogen-bond donors (Lipinski definition) is 1. The summed E-state index contributed by atoms with van der Waals surface area (Å²) in [5.74, 6) is -1.31. The average Bonchev–Trinajstić information content (AvgIpc) is 2.54. The zero-order valence-electron chi connectivity index (χ0n) is 14.4. The number of carboxylic acid groups (broad SMARTS) is 1. The summed E-state index contributed by atoms with van der Waals surface area (Å²) < 4.78 is 6.01. The van der Waals surface area contributed by atoms with E-state index in [1.165, 1.54) is 44.6 Å². The van der Waals surface area contributed by atoms with E-state index in [0.717, 1.165) is 22.8 Å². The van der Waals surface area contributed by atoms with E-state index in [9.17, 15) is 9.59 Å². The van der Waals surface area contributed by atoms with Crippen molar-refractivity contribution in [3.05, 3.63) is 27.3 Å². The van der Waals surface area contributed by atoms with Gasteiger partial charge < -0.3 is 9.84 Å². The van der Waals surface area contributed by atoms with E-state index in [0.29, 0.717) is 6.42 Å². The van der Waals surface area contributed by atoms with Crippen LogP contribution in [0.2, 0.25) is 0 Å². The SMILES string of the molecule is CCCCCCCCCCCC(=O)Oc1ccc([131I])cc1C(=O)O. The highest BCUT2D eigenvalue weighted by Gasteiger charge is 2.14. The van der Waals surface area contributed by atoms with Crippen molar-refractivity contribution < 1.29 is 19.4 Å². The Morgan fingerprint density at radius 1 is 1.00 bits per heavy atom. The molecule has 0 spiro atoms. The van der Waals surface area contributed by atoms with Crippen LogP contribution in [-0.4, -0.2) is 17.0 Å². The second-order valence-corrected chi connectivity index (χ2v) is 7.24. The van der Waals surface area contributed by atoms with Crippen molar-refractivity contribution in [2.24, 2.45) is 0 Å². The van der Waals surface area contributed by atoms with Gasteiger partial charge in [0.1, 0.15) is 11.3 Å². The zero-order chi connectivity index (χ0) is 17.8. The molecule has 0 saturated carbocycles. The summed E-state index contributed by atoms with van der Waals surface area (Å²) in [6.07, 6.45) is 11.0. The van der Waals surface area contributed by atoms with Gasteiger partial charge in [-0.05, 0) is 47.2 Å². The third kappa shape index (κ3) is 8.66. The van der Waals surface area contributed by atoms with Crippen LogP contribution < -0.4 is 4.74 Å². The highest BCUT2D eigenvalue weighted by molar-refractivity contribution is 14.1. The van der Waals surface area contributed by atoms with Gasteiger partial charge in [0.15, 0.2) is 0 Å². The Hall–Kier alpha value is -1.11. The number of carbonyl (C=O) groups excluding carboxylic acids is 1. The first kappa shape index (κ1) is 20.9. The molecule has 0 atom stereocenters. The van der Waals surface area contributed by atoms with Gasteiger partial charge in [0.25, 0.3) is 0 Å². The van der Waals surface area contributed by atoms with E-state index >= 15 is 0 Å². The summed E-state index contributed by atoms with van der Waals surface area (Å²) in [7, 11) is 0. The minimum atomic E-state index is -1.08. The molecule has 0 aromatic heterocycles. The molecule has 134 valence electrons. The summed E-state index contributed by atoms with van der Waals surface area (Å²) in [5, 5.41) is 9.16. The molecular weight excluding hydrogens is 423 g/mol. The normalized spacial score (nSPS) is 10.6. The maximum absolute atomic E-state index is 11.9. The van der Waals surface area contributed by atoms with E-state index in [1.807, 2.05) is 22.6 Å². The maximum atomic E-state index is 11.9. The van der Waals surface area contributed by atoms with Crippen LogP contribution in [0.25, 0.3) is 0 Å². The van der Waals surface area contributed by atoms with Gasteiger partial charge in [0.05, 0.1) is 0 Å². The van der Waals surface area contributed by atoms with Crippen LogP contribution in [-0.2, 0) is 4.79 Å². The Bertz CT molecular complexity index is 528. The van der Waals surface area contributed by atoms with Gasteiger partial charge in [-0.15, -0.1) is 0 Å². The highest BCUT2D eigenvalue weighted by Crippen LogP contribution is 2.22. The van der Waals surface area contributed by atoms with Crippen molar-refractivity contribution in [3.8, 4) is 5.75 Å². The van der Waals surface area contributed by atoms with Crippen molar-refractivity contribution in [1.29, 1.82) is 0 Å². The van der Waals surface area contributed by atoms with Gasteiger partial charge in [-0.25, -0.2) is 4.79 Å². The zero-order valence-corrected chi connectivity index (χ0v) is 16.5. The van der Waals surface area contributed by atoms with E-state index in [4.69, 9.17) is 9.84 Å². The lowest BCUT2D eigenvalue weighted by Crippen LogP contribution is -2.11. The van der Waals surface area contributed by atoms with Crippen molar-refractivity contribution >= 4 is 34.5 Å². The van der Waals surface area contributed by atoms with E-state index in [2.05, 4.69) is 6.92 Å². The van der Waals surface area contributed by atoms with E-state index in [1.54, 1.807) is 12.1 Å². The predicted octanol–water partition coefficient (Wildman–Crippen LogP) is 5.82. The molecule has 0 fully saturated rings. The molecule has 1 rings (SSSR count). The molecule has 0 radical (unpaired) electrons. The molecule has 1 N–H and O–H groups in total. The van der Waals surface area contributed by atoms with Gasteiger partial charge in [-0.3, -0.25) is 4.79 Å². The Balaban J connectivity index is 2.22. The number of halogens is 1. The Morgan fingerprint density at radius 2 is 1.58 bits per heavy atom. The first-order chi connectivity index (χ1) is 11.5. The number of esters is 1. The molecule has 24 heavy (non-hydrogen) atoms. The summed E-state index contributed by atoms with van der Waals surface area (Å²) in [6.45, 7) is 2.22. The summed E-state index contributed by atoms with van der Waals surface area (Å²) in [6, 6.07) is 4.78. The van der Waals surface area contributed by atoms with Crippen LogP contribution in [0.3, 0.4) is 0 Å². The number of rotatable bonds is 12. The van der Waals surface area contributed by atoms with Crippen LogP contribution in [0.4, 0.5) is 0 Å². The topological polar surface area (TPSA) is 63.6 Å². The van der Waals surface area contributed by atoms with Crippen molar-refractivity contribution in [1.82, 2.24) is 0 Å². The molecule has 1 aromatic carbocycles. The average molecular weight is 450 g/mol. The number of ether oxygens (including phenoxy) is 1. The number of aromatic carboxylic acids is 1. The number of carboxylic acids is 1. The maximum Gasteiger partial charge on any atom is 0.339 e. The molecule has 0 aliphatic carbocycles. The lowest BCUT2D eigenvalue weighted by Gasteiger charge is -2.08. The minimum Gasteiger partial charge on any atom is -0.478 e. The second-order valence-electron chi connectivity index (χ2n) is 6.00. The molecule has 0 bridgehead atoms. The number of carbonyl (C=O) groups is 2. The van der Waals surface area contributed by atoms with Gasteiger partial charge in [0.2, 0.25) is 0 Å². The molecule has 0 aliphatic rings. The third-order valence-corrected chi connectivity index (χ3v) is 4.55. The first-order valence-electron chi connectivity index (χ1n) is 8.78. The monoisotopic (exact) mass is 450 g/mol. The fraction of sp³-hybridized carbons (Fsp3) is 0.579. The first-order valence-corrected chi connectivity index (χ1v) is 9.86. The van der Waals surface area contributed by atoms with Crippen molar-refractivity contribution in [2.45, 2.75) is 71.1 Å². The minimum absolute atomic E-state index is 0.0299. The summed E-state index contributed by atoms with van der Waals surface area (Å²) in [5.41, 5.74) is 0.0299. The molecule has 0 amide bonds.